The first kappa shape index (κ1) is 22.4. The van der Waals surface area contributed by atoms with Gasteiger partial charge in [0.2, 0.25) is 0 Å². The molecule has 3 aromatic rings. The zero-order valence-corrected chi connectivity index (χ0v) is 15.1. The first-order valence-electron chi connectivity index (χ1n) is 6.04. The van der Waals surface area contributed by atoms with Crippen LogP contribution in [0.2, 0.25) is 0 Å². The van der Waals surface area contributed by atoms with Crippen LogP contribution in [-0.2, 0) is 21.7 Å². The van der Waals surface area contributed by atoms with E-state index in [1.807, 2.05) is 32.0 Å². The van der Waals surface area contributed by atoms with Crippen LogP contribution in [0.5, 0.6) is 5.75 Å². The number of rotatable bonds is 0. The predicted molar refractivity (Wildman–Crippen MR) is 77.1 cm³/mol. The average molecular weight is 356 g/mol. The van der Waals surface area contributed by atoms with E-state index in [4.69, 9.17) is 0 Å². The Labute approximate surface area is 153 Å². The summed E-state index contributed by atoms with van der Waals surface area (Å²) in [7, 11) is 0. The van der Waals surface area contributed by atoms with E-state index in [9.17, 15) is 5.11 Å². The van der Waals surface area contributed by atoms with Crippen LogP contribution in [-0.4, -0.2) is 5.11 Å². The fourth-order valence-electron chi connectivity index (χ4n) is 1.88. The van der Waals surface area contributed by atoms with Crippen LogP contribution in [0, 0.1) is 13.8 Å². The second-order valence-electron chi connectivity index (χ2n) is 4.40. The third-order valence-corrected chi connectivity index (χ3v) is 2.99. The number of benzene rings is 2. The molecule has 3 rings (SSSR count). The Kier molecular flexibility index (Phi) is 11.5. The average Bonchev–Trinajstić information content (AvgIpc) is 2.85. The molecule has 0 amide bonds. The van der Waals surface area contributed by atoms with Gasteiger partial charge in [0.15, 0.2) is 0 Å². The molecule has 1 N–H and O–H groups in total. The molecule has 21 heavy (non-hydrogen) atoms. The molecule has 3 aromatic carbocycles. The second kappa shape index (κ2) is 10.8. The van der Waals surface area contributed by atoms with Crippen LogP contribution in [0.4, 0.5) is 0 Å². The van der Waals surface area contributed by atoms with Crippen molar-refractivity contribution in [2.45, 2.75) is 13.8 Å². The zero-order chi connectivity index (χ0) is 13.0. The number of fused-ring (bicyclic) bond motifs is 1. The van der Waals surface area contributed by atoms with Gasteiger partial charge in [-0.2, -0.15) is 17.5 Å². The summed E-state index contributed by atoms with van der Waals surface area (Å²) in [6, 6.07) is 20.4. The molecule has 0 aliphatic rings. The van der Waals surface area contributed by atoms with Crippen LogP contribution < -0.4 is 24.8 Å². The molecular weight excluding hydrogens is 339 g/mol. The Morgan fingerprint density at radius 2 is 1.38 bits per heavy atom. The molecule has 0 saturated heterocycles. The summed E-state index contributed by atoms with van der Waals surface area (Å²) >= 11 is 0. The molecular formula is C17H17Cl2OTi. The third kappa shape index (κ3) is 6.19. The number of phenols is 1. The predicted octanol–water partition coefficient (Wildman–Crippen LogP) is -1.43. The van der Waals surface area contributed by atoms with E-state index < -0.39 is 0 Å². The first-order chi connectivity index (χ1) is 8.68. The van der Waals surface area contributed by atoms with Gasteiger partial charge in [-0.15, -0.1) is 29.7 Å². The Balaban J connectivity index is 0. The van der Waals surface area contributed by atoms with Crippen molar-refractivity contribution in [2.24, 2.45) is 0 Å². The largest absolute Gasteiger partial charge is 3.00 e. The van der Waals surface area contributed by atoms with E-state index in [2.05, 4.69) is 42.5 Å². The molecule has 0 atom stereocenters. The number of aromatic hydroxyl groups is 1. The van der Waals surface area contributed by atoms with Crippen molar-refractivity contribution in [1.82, 2.24) is 0 Å². The van der Waals surface area contributed by atoms with Crippen LogP contribution in [0.3, 0.4) is 0 Å². The second-order valence-corrected chi connectivity index (χ2v) is 4.40. The molecule has 0 fully saturated rings. The van der Waals surface area contributed by atoms with E-state index >= 15 is 0 Å². The summed E-state index contributed by atoms with van der Waals surface area (Å²) in [5.74, 6) is 0.414. The van der Waals surface area contributed by atoms with E-state index in [0.29, 0.717) is 5.75 Å². The van der Waals surface area contributed by atoms with E-state index in [1.54, 1.807) is 0 Å². The maximum absolute atomic E-state index is 9.21. The maximum atomic E-state index is 9.21. The van der Waals surface area contributed by atoms with E-state index in [-0.39, 0.29) is 46.5 Å². The van der Waals surface area contributed by atoms with Crippen LogP contribution in [0.1, 0.15) is 11.1 Å². The summed E-state index contributed by atoms with van der Waals surface area (Å²) in [4.78, 5) is 0. The van der Waals surface area contributed by atoms with E-state index in [0.717, 1.165) is 11.1 Å². The fraction of sp³-hybridized carbons (Fsp3) is 0.118. The van der Waals surface area contributed by atoms with Gasteiger partial charge >= 0.3 is 21.7 Å². The zero-order valence-electron chi connectivity index (χ0n) is 12.0. The summed E-state index contributed by atoms with van der Waals surface area (Å²) in [5, 5.41) is 11.9. The topological polar surface area (TPSA) is 20.2 Å². The van der Waals surface area contributed by atoms with Gasteiger partial charge in [0, 0.05) is 0 Å². The Morgan fingerprint density at radius 3 is 1.90 bits per heavy atom. The van der Waals surface area contributed by atoms with Crippen molar-refractivity contribution >= 4 is 10.8 Å². The Hall–Kier alpha value is -0.856. The van der Waals surface area contributed by atoms with Crippen LogP contribution in [0.15, 0.2) is 60.7 Å². The van der Waals surface area contributed by atoms with Gasteiger partial charge in [-0.1, -0.05) is 24.3 Å². The van der Waals surface area contributed by atoms with Crippen LogP contribution in [0.25, 0.3) is 10.8 Å². The molecule has 1 nitrogen and oxygen atoms in total. The van der Waals surface area contributed by atoms with Gasteiger partial charge < -0.3 is 29.9 Å². The maximum Gasteiger partial charge on any atom is 3.00 e. The monoisotopic (exact) mass is 355 g/mol. The smallest absolute Gasteiger partial charge is 1.00 e. The Morgan fingerprint density at radius 1 is 0.810 bits per heavy atom. The third-order valence-electron chi connectivity index (χ3n) is 2.99. The van der Waals surface area contributed by atoms with Gasteiger partial charge in [-0.3, -0.25) is 0 Å². The number of aryl methyl sites for hydroxylation is 2. The molecule has 109 valence electrons. The fourth-order valence-corrected chi connectivity index (χ4v) is 1.88. The minimum absolute atomic E-state index is 0. The SMILES string of the molecule is Cc1cccc(C)c1O.[Cl-].[Cl-].[Ti+3].c1ccc2[cH-]ccc2c1. The standard InChI is InChI=1S/C9H7.C8H10O.2ClH.Ti/c1-2-5-9-7-3-6-8(9)4-1;1-6-4-3-5-7(2)8(6)9;;;/h1-7H;3-5,9H,1-2H3;2*1H;/q-1;;;;+3/p-2. The van der Waals surface area contributed by atoms with Crippen LogP contribution >= 0.6 is 0 Å². The quantitative estimate of drug-likeness (QED) is 0.387. The van der Waals surface area contributed by atoms with Gasteiger partial charge in [0.1, 0.15) is 5.75 Å². The number of halogens is 2. The van der Waals surface area contributed by atoms with Crippen molar-refractivity contribution in [2.75, 3.05) is 0 Å². The van der Waals surface area contributed by atoms with Crippen molar-refractivity contribution in [3.63, 3.8) is 0 Å². The molecule has 0 unspecified atom stereocenters. The van der Waals surface area contributed by atoms with Gasteiger partial charge in [-0.05, 0) is 25.0 Å². The van der Waals surface area contributed by atoms with Crippen molar-refractivity contribution in [3.8, 4) is 5.75 Å². The Bertz CT molecular complexity index is 600. The number of phenolic OH excluding ortho intramolecular Hbond substituents is 1. The minimum atomic E-state index is 0. The molecule has 0 bridgehead atoms. The van der Waals surface area contributed by atoms with Crippen molar-refractivity contribution < 1.29 is 51.6 Å². The minimum Gasteiger partial charge on any atom is -1.00 e. The van der Waals surface area contributed by atoms with Crippen molar-refractivity contribution in [1.29, 1.82) is 0 Å². The van der Waals surface area contributed by atoms with E-state index in [1.165, 1.54) is 10.8 Å². The van der Waals surface area contributed by atoms with Gasteiger partial charge in [0.25, 0.3) is 0 Å². The molecule has 0 aromatic heterocycles. The molecule has 0 aliphatic heterocycles. The molecule has 0 saturated carbocycles. The molecule has 4 heteroatoms. The summed E-state index contributed by atoms with van der Waals surface area (Å²) in [6.45, 7) is 3.78. The molecule has 0 heterocycles. The molecule has 0 spiro atoms. The number of para-hydroxylation sites is 1. The summed E-state index contributed by atoms with van der Waals surface area (Å²) < 4.78 is 0. The first-order valence-corrected chi connectivity index (χ1v) is 6.04. The van der Waals surface area contributed by atoms with Gasteiger partial charge in [0.05, 0.1) is 0 Å². The number of hydrogen-bond acceptors (Lipinski definition) is 1. The summed E-state index contributed by atoms with van der Waals surface area (Å²) in [5.41, 5.74) is 1.88. The summed E-state index contributed by atoms with van der Waals surface area (Å²) in [6.07, 6.45) is 0. The number of hydrogen-bond donors (Lipinski definition) is 1. The van der Waals surface area contributed by atoms with Crippen molar-refractivity contribution in [3.05, 3.63) is 71.8 Å². The molecule has 1 radical (unpaired) electrons. The normalized spacial score (nSPS) is 8.48. The van der Waals surface area contributed by atoms with Gasteiger partial charge in [-0.25, -0.2) is 0 Å². The molecule has 0 aliphatic carbocycles.